The lowest BCUT2D eigenvalue weighted by Crippen LogP contribution is -2.40. The van der Waals surface area contributed by atoms with Crippen molar-refractivity contribution >= 4 is 5.97 Å². The van der Waals surface area contributed by atoms with Gasteiger partial charge < -0.3 is 15.6 Å². The molecule has 12 heavy (non-hydrogen) atoms. The Morgan fingerprint density at radius 2 is 2.25 bits per heavy atom. The van der Waals surface area contributed by atoms with E-state index in [9.17, 15) is 9.90 Å². The third-order valence-corrected chi connectivity index (χ3v) is 2.36. The number of methoxy groups -OCH3 is 1. The molecule has 0 aliphatic heterocycles. The van der Waals surface area contributed by atoms with E-state index in [0.717, 1.165) is 6.42 Å². The molecule has 0 aromatic carbocycles. The lowest BCUT2D eigenvalue weighted by atomic mass is 9.84. The maximum absolute atomic E-state index is 11.1. The largest absolute Gasteiger partial charge is 0.469 e. The van der Waals surface area contributed by atoms with E-state index in [2.05, 4.69) is 4.74 Å². The van der Waals surface area contributed by atoms with E-state index < -0.39 is 6.10 Å². The maximum atomic E-state index is 11.1. The number of hydrogen-bond donors (Lipinski definition) is 2. The van der Waals surface area contributed by atoms with Crippen molar-refractivity contribution in [3.63, 3.8) is 0 Å². The van der Waals surface area contributed by atoms with Crippen molar-refractivity contribution in [2.75, 3.05) is 7.11 Å². The zero-order chi connectivity index (χ0) is 9.14. The zero-order valence-electron chi connectivity index (χ0n) is 7.19. The van der Waals surface area contributed by atoms with E-state index in [-0.39, 0.29) is 17.9 Å². The van der Waals surface area contributed by atoms with Crippen molar-refractivity contribution in [1.82, 2.24) is 0 Å². The predicted octanol–water partition coefficient (Wildman–Crippen LogP) is -0.352. The van der Waals surface area contributed by atoms with Gasteiger partial charge in [-0.1, -0.05) is 0 Å². The van der Waals surface area contributed by atoms with E-state index in [1.165, 1.54) is 7.11 Å². The van der Waals surface area contributed by atoms with Gasteiger partial charge in [-0.2, -0.15) is 0 Å². The molecule has 0 saturated heterocycles. The van der Waals surface area contributed by atoms with Gasteiger partial charge in [0, 0.05) is 6.04 Å². The van der Waals surface area contributed by atoms with Gasteiger partial charge in [-0.25, -0.2) is 0 Å². The highest BCUT2D eigenvalue weighted by molar-refractivity contribution is 5.73. The quantitative estimate of drug-likeness (QED) is 0.531. The summed E-state index contributed by atoms with van der Waals surface area (Å²) in [4.78, 5) is 11.1. The van der Waals surface area contributed by atoms with Crippen LogP contribution in [-0.4, -0.2) is 30.3 Å². The zero-order valence-corrected chi connectivity index (χ0v) is 7.19. The first kappa shape index (κ1) is 9.48. The molecular weight excluding hydrogens is 158 g/mol. The smallest absolute Gasteiger partial charge is 0.311 e. The Bertz CT molecular complexity index is 172. The van der Waals surface area contributed by atoms with Gasteiger partial charge in [0.15, 0.2) is 0 Å². The summed E-state index contributed by atoms with van der Waals surface area (Å²) in [6.07, 6.45) is 1.30. The summed E-state index contributed by atoms with van der Waals surface area (Å²) >= 11 is 0. The molecule has 0 aromatic rings. The Morgan fingerprint density at radius 1 is 1.58 bits per heavy atom. The first-order valence-electron chi connectivity index (χ1n) is 4.16. The van der Waals surface area contributed by atoms with Crippen molar-refractivity contribution < 1.29 is 14.6 Å². The van der Waals surface area contributed by atoms with Crippen LogP contribution in [0.3, 0.4) is 0 Å². The summed E-state index contributed by atoms with van der Waals surface area (Å²) in [5.74, 6) is -0.691. The summed E-state index contributed by atoms with van der Waals surface area (Å²) in [5.41, 5.74) is 5.62. The Morgan fingerprint density at radius 3 is 2.75 bits per heavy atom. The van der Waals surface area contributed by atoms with E-state index in [4.69, 9.17) is 5.73 Å². The van der Waals surface area contributed by atoms with Crippen LogP contribution in [0.15, 0.2) is 0 Å². The molecule has 3 atom stereocenters. The molecule has 1 aliphatic rings. The van der Waals surface area contributed by atoms with Crippen LogP contribution in [0.2, 0.25) is 0 Å². The third kappa shape index (κ3) is 1.95. The maximum Gasteiger partial charge on any atom is 0.311 e. The molecule has 0 amide bonds. The van der Waals surface area contributed by atoms with E-state index in [0.29, 0.717) is 12.8 Å². The fourth-order valence-corrected chi connectivity index (χ4v) is 1.60. The van der Waals surface area contributed by atoms with Crippen molar-refractivity contribution in [2.24, 2.45) is 11.7 Å². The van der Waals surface area contributed by atoms with Gasteiger partial charge in [0.2, 0.25) is 0 Å². The number of esters is 1. The van der Waals surface area contributed by atoms with E-state index in [1.54, 1.807) is 0 Å². The molecule has 0 bridgehead atoms. The van der Waals surface area contributed by atoms with Gasteiger partial charge in [0.1, 0.15) is 0 Å². The fourth-order valence-electron chi connectivity index (χ4n) is 1.60. The predicted molar refractivity (Wildman–Crippen MR) is 43.3 cm³/mol. The van der Waals surface area contributed by atoms with Crippen LogP contribution in [0.25, 0.3) is 0 Å². The second-order valence-corrected chi connectivity index (χ2v) is 3.27. The third-order valence-electron chi connectivity index (χ3n) is 2.36. The molecule has 0 radical (unpaired) electrons. The summed E-state index contributed by atoms with van der Waals surface area (Å²) in [5, 5.41) is 9.46. The molecule has 1 saturated carbocycles. The second-order valence-electron chi connectivity index (χ2n) is 3.27. The van der Waals surface area contributed by atoms with Crippen LogP contribution in [0.1, 0.15) is 19.3 Å². The van der Waals surface area contributed by atoms with Crippen LogP contribution >= 0.6 is 0 Å². The number of nitrogens with two attached hydrogens (primary N) is 1. The minimum Gasteiger partial charge on any atom is -0.469 e. The molecule has 1 rings (SSSR count). The van der Waals surface area contributed by atoms with Crippen LogP contribution in [-0.2, 0) is 9.53 Å². The lowest BCUT2D eigenvalue weighted by molar-refractivity contribution is -0.151. The average molecular weight is 173 g/mol. The van der Waals surface area contributed by atoms with Crippen LogP contribution in [0, 0.1) is 5.92 Å². The van der Waals surface area contributed by atoms with Gasteiger partial charge in [-0.05, 0) is 19.3 Å². The van der Waals surface area contributed by atoms with Crippen LogP contribution in [0.5, 0.6) is 0 Å². The summed E-state index contributed by atoms with van der Waals surface area (Å²) in [7, 11) is 1.34. The summed E-state index contributed by atoms with van der Waals surface area (Å²) in [6.45, 7) is 0. The molecule has 4 heteroatoms. The average Bonchev–Trinajstić information content (AvgIpc) is 2.03. The molecule has 0 aromatic heterocycles. The Kier molecular flexibility index (Phi) is 3.05. The van der Waals surface area contributed by atoms with Crippen molar-refractivity contribution in [2.45, 2.75) is 31.4 Å². The number of aliphatic hydroxyl groups excluding tert-OH is 1. The topological polar surface area (TPSA) is 72.5 Å². The minimum absolute atomic E-state index is 0.0286. The number of rotatable bonds is 1. The first-order valence-corrected chi connectivity index (χ1v) is 4.16. The Labute approximate surface area is 71.7 Å². The molecule has 3 N–H and O–H groups in total. The van der Waals surface area contributed by atoms with Gasteiger partial charge in [0.05, 0.1) is 19.1 Å². The van der Waals surface area contributed by atoms with E-state index in [1.807, 2.05) is 0 Å². The minimum atomic E-state index is -0.624. The monoisotopic (exact) mass is 173 g/mol. The lowest BCUT2D eigenvalue weighted by Gasteiger charge is -2.29. The van der Waals surface area contributed by atoms with Crippen LogP contribution in [0.4, 0.5) is 0 Å². The Balaban J connectivity index is 2.50. The highest BCUT2D eigenvalue weighted by Gasteiger charge is 2.33. The molecule has 3 unspecified atom stereocenters. The summed E-state index contributed by atoms with van der Waals surface area (Å²) < 4.78 is 4.56. The molecule has 0 spiro atoms. The number of ether oxygens (including phenoxy) is 1. The van der Waals surface area contributed by atoms with Crippen LogP contribution < -0.4 is 5.73 Å². The molecule has 70 valence electrons. The molecule has 4 nitrogen and oxygen atoms in total. The molecule has 1 aliphatic carbocycles. The fraction of sp³-hybridized carbons (Fsp3) is 0.875. The molecule has 0 heterocycles. The van der Waals surface area contributed by atoms with Crippen molar-refractivity contribution in [3.05, 3.63) is 0 Å². The van der Waals surface area contributed by atoms with Crippen molar-refractivity contribution in [3.8, 4) is 0 Å². The highest BCUT2D eigenvalue weighted by atomic mass is 16.5. The number of carbonyl (C=O) groups excluding carboxylic acids is 1. The number of carbonyl (C=O) groups is 1. The number of aliphatic hydroxyl groups is 1. The van der Waals surface area contributed by atoms with Crippen molar-refractivity contribution in [1.29, 1.82) is 0 Å². The second kappa shape index (κ2) is 3.87. The van der Waals surface area contributed by atoms with Gasteiger partial charge in [-0.3, -0.25) is 4.79 Å². The van der Waals surface area contributed by atoms with Gasteiger partial charge in [-0.15, -0.1) is 0 Å². The highest BCUT2D eigenvalue weighted by Crippen LogP contribution is 2.24. The Hall–Kier alpha value is -0.610. The standard InChI is InChI=1S/C8H15NO3/c1-12-8(11)6-3-2-5(9)4-7(6)10/h5-7,10H,2-4,9H2,1H3. The van der Waals surface area contributed by atoms with E-state index >= 15 is 0 Å². The summed E-state index contributed by atoms with van der Waals surface area (Å²) in [6, 6.07) is 0.0286. The molecule has 1 fully saturated rings. The molecular formula is C8H15NO3. The van der Waals surface area contributed by atoms with Gasteiger partial charge in [0.25, 0.3) is 0 Å². The number of hydrogen-bond acceptors (Lipinski definition) is 4. The van der Waals surface area contributed by atoms with Gasteiger partial charge >= 0.3 is 5.97 Å². The first-order chi connectivity index (χ1) is 5.65. The SMILES string of the molecule is COC(=O)C1CCC(N)CC1O. The normalized spacial score (nSPS) is 36.1.